The number of hydrogen-bond acceptors (Lipinski definition) is 5. The second-order valence-electron chi connectivity index (χ2n) is 6.94. The van der Waals surface area contributed by atoms with Gasteiger partial charge in [-0.15, -0.1) is 0 Å². The van der Waals surface area contributed by atoms with Gasteiger partial charge in [0.05, 0.1) is 24.1 Å². The third-order valence-corrected chi connectivity index (χ3v) is 5.29. The third-order valence-electron chi connectivity index (χ3n) is 4.76. The molecule has 0 aromatic heterocycles. The zero-order valence-corrected chi connectivity index (χ0v) is 18.3. The monoisotopic (exact) mass is 444 g/mol. The molecule has 0 bridgehead atoms. The minimum absolute atomic E-state index is 0.0645. The van der Waals surface area contributed by atoms with Crippen LogP contribution in [0, 0.1) is 5.92 Å². The predicted octanol–water partition coefficient (Wildman–Crippen LogP) is 3.02. The molecule has 29 heavy (non-hydrogen) atoms. The summed E-state index contributed by atoms with van der Waals surface area (Å²) in [6, 6.07) is 4.74. The Kier molecular flexibility index (Phi) is 8.59. The van der Waals surface area contributed by atoms with Gasteiger partial charge in [-0.2, -0.15) is 0 Å². The van der Waals surface area contributed by atoms with Crippen molar-refractivity contribution in [3.63, 3.8) is 0 Å². The number of nitrogens with zero attached hydrogens (tertiary/aromatic N) is 2. The van der Waals surface area contributed by atoms with E-state index in [0.717, 1.165) is 0 Å². The normalized spacial score (nSPS) is 15.6. The van der Waals surface area contributed by atoms with Crippen LogP contribution in [-0.4, -0.2) is 67.0 Å². The van der Waals surface area contributed by atoms with Crippen LogP contribution >= 0.6 is 23.2 Å². The molecular weight excluding hydrogens is 419 g/mol. The number of carbonyl (C=O) groups excluding carboxylic acids is 3. The largest absolute Gasteiger partial charge is 0.479 e. The van der Waals surface area contributed by atoms with E-state index in [2.05, 4.69) is 0 Å². The zero-order valence-electron chi connectivity index (χ0n) is 16.8. The van der Waals surface area contributed by atoms with E-state index < -0.39 is 6.10 Å². The summed E-state index contributed by atoms with van der Waals surface area (Å²) in [5.74, 6) is -0.544. The minimum atomic E-state index is -0.818. The van der Waals surface area contributed by atoms with Crippen molar-refractivity contribution < 1.29 is 23.9 Å². The number of carbonyl (C=O) groups is 3. The van der Waals surface area contributed by atoms with Crippen molar-refractivity contribution in [3.05, 3.63) is 28.2 Å². The first kappa shape index (κ1) is 23.3. The Morgan fingerprint density at radius 3 is 2.48 bits per heavy atom. The van der Waals surface area contributed by atoms with Crippen LogP contribution in [0.15, 0.2) is 18.2 Å². The van der Waals surface area contributed by atoms with Gasteiger partial charge >= 0.3 is 5.97 Å². The zero-order chi connectivity index (χ0) is 21.6. The Morgan fingerprint density at radius 1 is 1.24 bits per heavy atom. The maximum Gasteiger partial charge on any atom is 0.309 e. The molecule has 2 rings (SSSR count). The van der Waals surface area contributed by atoms with Gasteiger partial charge < -0.3 is 19.3 Å². The number of likely N-dealkylation sites (N-methyl/N-ethyl adjacent to an activating group) is 1. The summed E-state index contributed by atoms with van der Waals surface area (Å²) >= 11 is 11.9. The quantitative estimate of drug-likeness (QED) is 0.604. The molecule has 1 fully saturated rings. The first-order chi connectivity index (χ1) is 13.7. The SMILES string of the molecule is CCOC(=O)C1CCN(C(=O)CN(C)C(=O)C(C)Oc2ccc(Cl)cc2Cl)CC1. The number of benzene rings is 1. The fourth-order valence-corrected chi connectivity index (χ4v) is 3.58. The Balaban J connectivity index is 1.84. The summed E-state index contributed by atoms with van der Waals surface area (Å²) in [7, 11) is 1.55. The predicted molar refractivity (Wildman–Crippen MR) is 110 cm³/mol. The number of rotatable bonds is 7. The van der Waals surface area contributed by atoms with Gasteiger partial charge in [0.2, 0.25) is 5.91 Å². The van der Waals surface area contributed by atoms with E-state index in [9.17, 15) is 14.4 Å². The van der Waals surface area contributed by atoms with Crippen molar-refractivity contribution in [2.45, 2.75) is 32.8 Å². The van der Waals surface area contributed by atoms with Crippen LogP contribution in [0.4, 0.5) is 0 Å². The highest BCUT2D eigenvalue weighted by Crippen LogP contribution is 2.28. The summed E-state index contributed by atoms with van der Waals surface area (Å²) in [6.07, 6.45) is 0.314. The molecule has 1 aliphatic rings. The van der Waals surface area contributed by atoms with E-state index in [4.69, 9.17) is 32.7 Å². The number of halogens is 2. The van der Waals surface area contributed by atoms with Crippen molar-refractivity contribution in [1.29, 1.82) is 0 Å². The third kappa shape index (κ3) is 6.51. The lowest BCUT2D eigenvalue weighted by atomic mass is 9.97. The first-order valence-electron chi connectivity index (χ1n) is 9.54. The van der Waals surface area contributed by atoms with Crippen molar-refractivity contribution in [2.24, 2.45) is 5.92 Å². The number of amides is 2. The maximum atomic E-state index is 12.6. The Bertz CT molecular complexity index is 750. The highest BCUT2D eigenvalue weighted by molar-refractivity contribution is 6.35. The molecule has 0 spiro atoms. The molecule has 1 aromatic carbocycles. The Labute approximate surface area is 180 Å². The number of hydrogen-bond donors (Lipinski definition) is 0. The minimum Gasteiger partial charge on any atom is -0.479 e. The summed E-state index contributed by atoms with van der Waals surface area (Å²) in [6.45, 7) is 4.60. The van der Waals surface area contributed by atoms with E-state index in [-0.39, 0.29) is 30.2 Å². The maximum absolute atomic E-state index is 12.6. The Morgan fingerprint density at radius 2 is 1.90 bits per heavy atom. The van der Waals surface area contributed by atoms with Gasteiger partial charge in [0.15, 0.2) is 6.10 Å². The van der Waals surface area contributed by atoms with Gasteiger partial charge in [0.1, 0.15) is 5.75 Å². The average Bonchev–Trinajstić information content (AvgIpc) is 2.69. The molecule has 9 heteroatoms. The molecule has 0 N–H and O–H groups in total. The van der Waals surface area contributed by atoms with Gasteiger partial charge in [-0.3, -0.25) is 14.4 Å². The number of ether oxygens (including phenoxy) is 2. The fraction of sp³-hybridized carbons (Fsp3) is 0.550. The van der Waals surface area contributed by atoms with Gasteiger partial charge in [-0.25, -0.2) is 0 Å². The van der Waals surface area contributed by atoms with E-state index in [1.165, 1.54) is 11.0 Å². The van der Waals surface area contributed by atoms with Crippen LogP contribution in [0.2, 0.25) is 10.0 Å². The van der Waals surface area contributed by atoms with Crippen LogP contribution in [0.1, 0.15) is 26.7 Å². The lowest BCUT2D eigenvalue weighted by molar-refractivity contribution is -0.151. The van der Waals surface area contributed by atoms with E-state index >= 15 is 0 Å². The van der Waals surface area contributed by atoms with E-state index in [1.807, 2.05) is 0 Å². The Hall–Kier alpha value is -1.99. The van der Waals surface area contributed by atoms with E-state index in [0.29, 0.717) is 48.3 Å². The van der Waals surface area contributed by atoms with Crippen LogP contribution in [0.3, 0.4) is 0 Å². The van der Waals surface area contributed by atoms with Crippen LogP contribution in [0.5, 0.6) is 5.75 Å². The van der Waals surface area contributed by atoms with Crippen molar-refractivity contribution >= 4 is 41.0 Å². The molecule has 0 saturated carbocycles. The van der Waals surface area contributed by atoms with Crippen molar-refractivity contribution in [1.82, 2.24) is 9.80 Å². The molecule has 7 nitrogen and oxygen atoms in total. The average molecular weight is 445 g/mol. The molecule has 2 amide bonds. The molecule has 1 heterocycles. The summed E-state index contributed by atoms with van der Waals surface area (Å²) in [5.41, 5.74) is 0. The van der Waals surface area contributed by atoms with Gasteiger partial charge in [0, 0.05) is 25.2 Å². The number of piperidine rings is 1. The lowest BCUT2D eigenvalue weighted by Crippen LogP contribution is -2.47. The molecule has 1 atom stereocenters. The van der Waals surface area contributed by atoms with Crippen LogP contribution < -0.4 is 4.74 Å². The smallest absolute Gasteiger partial charge is 0.309 e. The van der Waals surface area contributed by atoms with Gasteiger partial charge in [-0.1, -0.05) is 23.2 Å². The highest BCUT2D eigenvalue weighted by atomic mass is 35.5. The second kappa shape index (κ2) is 10.7. The molecule has 1 unspecified atom stereocenters. The van der Waals surface area contributed by atoms with Crippen LogP contribution in [-0.2, 0) is 19.1 Å². The lowest BCUT2D eigenvalue weighted by Gasteiger charge is -2.32. The number of esters is 1. The summed E-state index contributed by atoms with van der Waals surface area (Å²) < 4.78 is 10.7. The summed E-state index contributed by atoms with van der Waals surface area (Å²) in [4.78, 5) is 39.9. The molecule has 0 aliphatic carbocycles. The molecule has 160 valence electrons. The van der Waals surface area contributed by atoms with Gasteiger partial charge in [0.25, 0.3) is 5.91 Å². The van der Waals surface area contributed by atoms with Gasteiger partial charge in [-0.05, 0) is 44.9 Å². The standard InChI is InChI=1S/C20H26Cl2N2O5/c1-4-28-20(27)14-7-9-24(10-8-14)18(25)12-23(3)19(26)13(2)29-17-6-5-15(21)11-16(17)22/h5-6,11,13-14H,4,7-10,12H2,1-3H3. The molecule has 1 aromatic rings. The van der Waals surface area contributed by atoms with Crippen molar-refractivity contribution in [3.8, 4) is 5.75 Å². The summed E-state index contributed by atoms with van der Waals surface area (Å²) in [5, 5.41) is 0.774. The number of likely N-dealkylation sites (tertiary alicyclic amines) is 1. The highest BCUT2D eigenvalue weighted by Gasteiger charge is 2.29. The fourth-order valence-electron chi connectivity index (χ4n) is 3.13. The molecular formula is C20H26Cl2N2O5. The van der Waals surface area contributed by atoms with Crippen LogP contribution in [0.25, 0.3) is 0 Å². The second-order valence-corrected chi connectivity index (χ2v) is 7.78. The van der Waals surface area contributed by atoms with E-state index in [1.54, 1.807) is 37.9 Å². The molecule has 1 aliphatic heterocycles. The molecule has 0 radical (unpaired) electrons. The molecule has 1 saturated heterocycles. The first-order valence-corrected chi connectivity index (χ1v) is 10.3. The topological polar surface area (TPSA) is 76.2 Å². The van der Waals surface area contributed by atoms with Crippen molar-refractivity contribution in [2.75, 3.05) is 33.3 Å².